The molecule has 2 rings (SSSR count). The predicted molar refractivity (Wildman–Crippen MR) is 96.0 cm³/mol. The molecule has 0 aliphatic carbocycles. The van der Waals surface area contributed by atoms with Gasteiger partial charge in [-0.15, -0.1) is 0 Å². The summed E-state index contributed by atoms with van der Waals surface area (Å²) >= 11 is 0. The lowest BCUT2D eigenvalue weighted by atomic mass is 10.1. The number of benzene rings is 1. The minimum absolute atomic E-state index is 0.292. The Hall–Kier alpha value is -2.70. The molecule has 0 aliphatic heterocycles. The van der Waals surface area contributed by atoms with Crippen LogP contribution in [0.5, 0.6) is 17.2 Å². The van der Waals surface area contributed by atoms with E-state index in [9.17, 15) is 4.79 Å². The van der Waals surface area contributed by atoms with Crippen LogP contribution in [0.15, 0.2) is 12.1 Å². The number of nitrogens with one attached hydrogen (secondary N) is 1. The van der Waals surface area contributed by atoms with Gasteiger partial charge >= 0.3 is 0 Å². The molecule has 0 saturated carbocycles. The van der Waals surface area contributed by atoms with Crippen LogP contribution in [0.1, 0.15) is 35.1 Å². The summed E-state index contributed by atoms with van der Waals surface area (Å²) in [5, 5.41) is 7.41. The van der Waals surface area contributed by atoms with Gasteiger partial charge in [0.05, 0.1) is 44.0 Å². The number of aryl methyl sites for hydroxylation is 2. The summed E-state index contributed by atoms with van der Waals surface area (Å²) in [6.07, 6.45) is 0.971. The van der Waals surface area contributed by atoms with Crippen LogP contribution >= 0.6 is 0 Å². The van der Waals surface area contributed by atoms with E-state index >= 15 is 0 Å². The number of anilines is 1. The molecule has 1 aromatic carbocycles. The molecule has 1 amide bonds. The van der Waals surface area contributed by atoms with Crippen molar-refractivity contribution in [3.8, 4) is 17.2 Å². The zero-order valence-electron chi connectivity index (χ0n) is 15.6. The van der Waals surface area contributed by atoms with Crippen molar-refractivity contribution in [1.82, 2.24) is 9.78 Å². The van der Waals surface area contributed by atoms with Crippen molar-refractivity contribution in [1.29, 1.82) is 0 Å². The molecule has 0 fully saturated rings. The van der Waals surface area contributed by atoms with Gasteiger partial charge in [-0.2, -0.15) is 5.10 Å². The number of carbonyl (C=O) groups excluding carboxylic acids is 1. The maximum Gasteiger partial charge on any atom is 0.259 e. The Labute approximate surface area is 147 Å². The Kier molecular flexibility index (Phi) is 5.90. The molecule has 1 aromatic heterocycles. The molecule has 7 nitrogen and oxygen atoms in total. The molecule has 1 heterocycles. The van der Waals surface area contributed by atoms with Crippen molar-refractivity contribution >= 4 is 11.6 Å². The fourth-order valence-corrected chi connectivity index (χ4v) is 2.69. The Morgan fingerprint density at radius 3 is 2.24 bits per heavy atom. The van der Waals surface area contributed by atoms with E-state index < -0.39 is 0 Å². The monoisotopic (exact) mass is 347 g/mol. The van der Waals surface area contributed by atoms with Gasteiger partial charge in [-0.25, -0.2) is 0 Å². The van der Waals surface area contributed by atoms with E-state index in [0.29, 0.717) is 22.8 Å². The molecule has 0 spiro atoms. The number of aromatic nitrogens is 2. The number of amides is 1. The third-order valence-corrected chi connectivity index (χ3v) is 4.01. The number of nitrogens with zero attached hydrogens (tertiary/aromatic N) is 2. The van der Waals surface area contributed by atoms with Crippen LogP contribution < -0.4 is 19.5 Å². The highest BCUT2D eigenvalue weighted by Gasteiger charge is 2.20. The van der Waals surface area contributed by atoms with E-state index in [-0.39, 0.29) is 5.91 Å². The molecular weight excluding hydrogens is 322 g/mol. The minimum Gasteiger partial charge on any atom is -0.496 e. The van der Waals surface area contributed by atoms with Gasteiger partial charge in [0.2, 0.25) is 0 Å². The topological polar surface area (TPSA) is 74.6 Å². The molecule has 1 N–H and O–H groups in total. The lowest BCUT2D eigenvalue weighted by Gasteiger charge is -2.14. The average Bonchev–Trinajstić information content (AvgIpc) is 2.88. The third kappa shape index (κ3) is 3.70. The van der Waals surface area contributed by atoms with Gasteiger partial charge in [-0.05, 0) is 20.3 Å². The zero-order chi connectivity index (χ0) is 18.6. The normalized spacial score (nSPS) is 10.5. The second-order valence-electron chi connectivity index (χ2n) is 5.63. The van der Waals surface area contributed by atoms with E-state index in [2.05, 4.69) is 17.3 Å². The fraction of sp³-hybridized carbons (Fsp3) is 0.444. The first-order valence-electron chi connectivity index (χ1n) is 8.12. The number of hydrogen-bond donors (Lipinski definition) is 1. The predicted octanol–water partition coefficient (Wildman–Crippen LogP) is 3.19. The molecule has 0 saturated heterocycles. The molecule has 0 unspecified atom stereocenters. The summed E-state index contributed by atoms with van der Waals surface area (Å²) in [5.74, 6) is 1.08. The molecule has 2 aromatic rings. The fourth-order valence-electron chi connectivity index (χ4n) is 2.69. The summed E-state index contributed by atoms with van der Waals surface area (Å²) < 4.78 is 17.8. The zero-order valence-corrected chi connectivity index (χ0v) is 15.6. The van der Waals surface area contributed by atoms with Crippen LogP contribution in [-0.4, -0.2) is 37.0 Å². The van der Waals surface area contributed by atoms with Crippen molar-refractivity contribution in [3.63, 3.8) is 0 Å². The first-order valence-corrected chi connectivity index (χ1v) is 8.12. The number of carbonyl (C=O) groups is 1. The highest BCUT2D eigenvalue weighted by Crippen LogP contribution is 2.35. The molecular formula is C18H25N3O4. The summed E-state index contributed by atoms with van der Waals surface area (Å²) in [4.78, 5) is 12.8. The van der Waals surface area contributed by atoms with Crippen LogP contribution in [0.2, 0.25) is 0 Å². The van der Waals surface area contributed by atoms with Gasteiger partial charge in [0.1, 0.15) is 5.75 Å². The van der Waals surface area contributed by atoms with Gasteiger partial charge in [-0.3, -0.25) is 9.48 Å². The molecule has 136 valence electrons. The standard InChI is InChI=1S/C18H25N3O4/c1-7-8-21-12(3)17(11(2)20-21)19-18(22)13-9-15(24-5)16(25-6)10-14(13)23-4/h9-10H,7-8H2,1-6H3,(H,19,22). The second-order valence-corrected chi connectivity index (χ2v) is 5.63. The highest BCUT2D eigenvalue weighted by molar-refractivity contribution is 6.07. The van der Waals surface area contributed by atoms with Crippen molar-refractivity contribution < 1.29 is 19.0 Å². The van der Waals surface area contributed by atoms with E-state index in [1.165, 1.54) is 21.3 Å². The van der Waals surface area contributed by atoms with E-state index in [1.807, 2.05) is 18.5 Å². The van der Waals surface area contributed by atoms with E-state index in [1.54, 1.807) is 12.1 Å². The maximum absolute atomic E-state index is 12.8. The molecule has 25 heavy (non-hydrogen) atoms. The van der Waals surface area contributed by atoms with Crippen LogP contribution in [0.4, 0.5) is 5.69 Å². The minimum atomic E-state index is -0.292. The number of rotatable bonds is 7. The Balaban J connectivity index is 2.38. The Morgan fingerprint density at radius 1 is 1.08 bits per heavy atom. The summed E-state index contributed by atoms with van der Waals surface area (Å²) in [6.45, 7) is 6.71. The van der Waals surface area contributed by atoms with Crippen molar-refractivity contribution in [3.05, 3.63) is 29.1 Å². The van der Waals surface area contributed by atoms with Crippen LogP contribution in [0, 0.1) is 13.8 Å². The smallest absolute Gasteiger partial charge is 0.259 e. The summed E-state index contributed by atoms with van der Waals surface area (Å²) in [6, 6.07) is 3.24. The lowest BCUT2D eigenvalue weighted by Crippen LogP contribution is -2.15. The third-order valence-electron chi connectivity index (χ3n) is 4.01. The van der Waals surface area contributed by atoms with Gasteiger partial charge in [0.15, 0.2) is 11.5 Å². The SMILES string of the molecule is CCCn1nc(C)c(NC(=O)c2cc(OC)c(OC)cc2OC)c1C. The molecule has 0 atom stereocenters. The van der Waals surface area contributed by atoms with Crippen LogP contribution in [-0.2, 0) is 6.54 Å². The van der Waals surface area contributed by atoms with Crippen LogP contribution in [0.3, 0.4) is 0 Å². The van der Waals surface area contributed by atoms with E-state index in [0.717, 1.165) is 30.0 Å². The summed E-state index contributed by atoms with van der Waals surface area (Å²) in [5.41, 5.74) is 2.78. The first-order chi connectivity index (χ1) is 12.0. The van der Waals surface area contributed by atoms with Crippen LogP contribution in [0.25, 0.3) is 0 Å². The van der Waals surface area contributed by atoms with Gasteiger partial charge < -0.3 is 19.5 Å². The second kappa shape index (κ2) is 7.92. The van der Waals surface area contributed by atoms with Crippen molar-refractivity contribution in [2.75, 3.05) is 26.6 Å². The Bertz CT molecular complexity index is 768. The van der Waals surface area contributed by atoms with Crippen molar-refractivity contribution in [2.24, 2.45) is 0 Å². The number of methoxy groups -OCH3 is 3. The van der Waals surface area contributed by atoms with E-state index in [4.69, 9.17) is 14.2 Å². The molecule has 0 radical (unpaired) electrons. The first kappa shape index (κ1) is 18.6. The number of ether oxygens (including phenoxy) is 3. The largest absolute Gasteiger partial charge is 0.496 e. The molecule has 0 aliphatic rings. The van der Waals surface area contributed by atoms with Gasteiger partial charge in [0.25, 0.3) is 5.91 Å². The number of hydrogen-bond acceptors (Lipinski definition) is 5. The molecule has 0 bridgehead atoms. The highest BCUT2D eigenvalue weighted by atomic mass is 16.5. The summed E-state index contributed by atoms with van der Waals surface area (Å²) in [7, 11) is 4.56. The molecule has 7 heteroatoms. The average molecular weight is 347 g/mol. The van der Waals surface area contributed by atoms with Gasteiger partial charge in [0, 0.05) is 18.7 Å². The lowest BCUT2D eigenvalue weighted by molar-refractivity contribution is 0.102. The maximum atomic E-state index is 12.8. The van der Waals surface area contributed by atoms with Crippen molar-refractivity contribution in [2.45, 2.75) is 33.7 Å². The quantitative estimate of drug-likeness (QED) is 0.832. The Morgan fingerprint density at radius 2 is 1.68 bits per heavy atom. The van der Waals surface area contributed by atoms with Gasteiger partial charge in [-0.1, -0.05) is 6.92 Å².